The molecule has 4 aromatic heterocycles. The average Bonchev–Trinajstić information content (AvgIpc) is 0.839. The van der Waals surface area contributed by atoms with Crippen molar-refractivity contribution in [2.45, 2.75) is 126 Å². The van der Waals surface area contributed by atoms with Gasteiger partial charge in [0, 0.05) is 57.8 Å². The molecule has 13 rings (SSSR count). The van der Waals surface area contributed by atoms with E-state index in [0.29, 0.717) is 95.4 Å². The maximum atomic E-state index is 12.8. The summed E-state index contributed by atoms with van der Waals surface area (Å²) in [5, 5.41) is 14.1. The first-order valence-electron chi connectivity index (χ1n) is 39.2. The van der Waals surface area contributed by atoms with Crippen LogP contribution in [-0.4, -0.2) is 63.5 Å². The number of aryl methyl sites for hydroxylation is 2. The fraction of sp³-hybridized carbons (Fsp3) is 0.242. The molecule has 13 aromatic rings. The van der Waals surface area contributed by atoms with Crippen LogP contribution in [0.2, 0.25) is 0 Å². The van der Waals surface area contributed by atoms with E-state index in [0.717, 1.165) is 134 Å². The molecular weight excluding hydrogens is 1430 g/mol. The molecule has 0 bridgehead atoms. The topological polar surface area (TPSA) is 324 Å². The maximum Gasteiger partial charge on any atom is 0.229 e. The minimum absolute atomic E-state index is 0.0273. The summed E-state index contributed by atoms with van der Waals surface area (Å²) in [6.45, 7) is 17.0. The number of nitrogens with one attached hydrogen (secondary N) is 4. The molecule has 20 nitrogen and oxygen atoms in total. The molecule has 0 atom stereocenters. The van der Waals surface area contributed by atoms with E-state index in [9.17, 15) is 19.2 Å². The summed E-state index contributed by atoms with van der Waals surface area (Å²) in [5.74, 6) is 3.46. The predicted octanol–water partition coefficient (Wildman–Crippen LogP) is 18.7. The van der Waals surface area contributed by atoms with Gasteiger partial charge in [0.1, 0.15) is 0 Å². The highest BCUT2D eigenvalue weighted by molar-refractivity contribution is 5.94. The van der Waals surface area contributed by atoms with Gasteiger partial charge in [0.15, 0.2) is 23.3 Å². The molecule has 0 spiro atoms. The number of hydrogen-bond donors (Lipinski definition) is 8. The highest BCUT2D eigenvalue weighted by atomic mass is 16.2. The van der Waals surface area contributed by atoms with Crippen LogP contribution in [0, 0.1) is 23.7 Å². The summed E-state index contributed by atoms with van der Waals surface area (Å²) in [7, 11) is 0. The third-order valence-electron chi connectivity index (χ3n) is 18.2. The van der Waals surface area contributed by atoms with Gasteiger partial charge in [-0.3, -0.25) is 19.2 Å². The van der Waals surface area contributed by atoms with Gasteiger partial charge in [-0.25, -0.2) is 39.9 Å². The Morgan fingerprint density at radius 2 is 0.583 bits per heavy atom. The lowest BCUT2D eigenvalue weighted by Crippen LogP contribution is -2.18. The Labute approximate surface area is 675 Å². The number of aromatic nitrogens is 8. The molecule has 4 amide bonds. The van der Waals surface area contributed by atoms with E-state index in [1.54, 1.807) is 24.8 Å². The van der Waals surface area contributed by atoms with Gasteiger partial charge in [-0.15, -0.1) is 0 Å². The Hall–Kier alpha value is -13.4. The summed E-state index contributed by atoms with van der Waals surface area (Å²) in [6.07, 6.45) is 13.6. The third kappa shape index (κ3) is 27.2. The van der Waals surface area contributed by atoms with Crippen molar-refractivity contribution in [3.05, 3.63) is 300 Å². The minimum atomic E-state index is -0.102. The molecule has 115 heavy (non-hydrogen) atoms. The van der Waals surface area contributed by atoms with E-state index >= 15 is 0 Å². The summed E-state index contributed by atoms with van der Waals surface area (Å²) in [5.41, 5.74) is 40.3. The second-order valence-electron chi connectivity index (χ2n) is 30.1. The highest BCUT2D eigenvalue weighted by Crippen LogP contribution is 2.29. The van der Waals surface area contributed by atoms with Gasteiger partial charge in [0.2, 0.25) is 23.6 Å². The number of hydrogen-bond acceptors (Lipinski definition) is 16. The second kappa shape index (κ2) is 42.3. The van der Waals surface area contributed by atoms with Gasteiger partial charge >= 0.3 is 0 Å². The van der Waals surface area contributed by atoms with Crippen molar-refractivity contribution < 1.29 is 19.2 Å². The van der Waals surface area contributed by atoms with Gasteiger partial charge in [-0.1, -0.05) is 237 Å². The van der Waals surface area contributed by atoms with Crippen molar-refractivity contribution in [3.63, 3.8) is 0 Å². The van der Waals surface area contributed by atoms with Crippen molar-refractivity contribution in [2.24, 2.45) is 23.7 Å². The number of carbonyl (C=O) groups is 4. The molecule has 0 aliphatic heterocycles. The number of benzene rings is 9. The number of fused-ring (bicyclic) bond motifs is 1. The molecule has 588 valence electrons. The first kappa shape index (κ1) is 84.1. The lowest BCUT2D eigenvalue weighted by atomic mass is 10.0. The molecule has 4 heterocycles. The second-order valence-corrected chi connectivity index (χ2v) is 30.1. The van der Waals surface area contributed by atoms with Crippen molar-refractivity contribution in [1.29, 1.82) is 0 Å². The Morgan fingerprint density at radius 3 is 0.922 bits per heavy atom. The molecular formula is C95H104N16O4. The van der Waals surface area contributed by atoms with Crippen LogP contribution in [0.15, 0.2) is 255 Å². The fourth-order valence-electron chi connectivity index (χ4n) is 12.5. The number of carbonyl (C=O) groups excluding carboxylic acids is 4. The highest BCUT2D eigenvalue weighted by Gasteiger charge is 2.20. The molecule has 0 aliphatic carbocycles. The lowest BCUT2D eigenvalue weighted by molar-refractivity contribution is -0.117. The van der Waals surface area contributed by atoms with Crippen molar-refractivity contribution in [2.75, 3.05) is 44.2 Å². The van der Waals surface area contributed by atoms with Crippen LogP contribution in [0.1, 0.15) is 120 Å². The van der Waals surface area contributed by atoms with Gasteiger partial charge in [0.25, 0.3) is 0 Å². The molecule has 0 saturated carbocycles. The number of nitrogen functional groups attached to an aromatic ring is 4. The monoisotopic (exact) mass is 1530 g/mol. The number of rotatable bonds is 27. The zero-order valence-corrected chi connectivity index (χ0v) is 66.9. The minimum Gasteiger partial charge on any atom is -0.399 e. The third-order valence-corrected chi connectivity index (χ3v) is 18.2. The predicted molar refractivity (Wildman–Crippen MR) is 468 cm³/mol. The number of anilines is 8. The van der Waals surface area contributed by atoms with Crippen LogP contribution in [0.3, 0.4) is 0 Å². The van der Waals surface area contributed by atoms with Crippen LogP contribution in [0.25, 0.3) is 55.8 Å². The molecule has 0 saturated heterocycles. The normalized spacial score (nSPS) is 10.9. The van der Waals surface area contributed by atoms with E-state index in [-0.39, 0.29) is 30.0 Å². The number of nitrogens with two attached hydrogens (primary N) is 4. The van der Waals surface area contributed by atoms with Crippen LogP contribution in [0.4, 0.5) is 46.0 Å². The van der Waals surface area contributed by atoms with E-state index in [1.807, 2.05) is 200 Å². The summed E-state index contributed by atoms with van der Waals surface area (Å²) < 4.78 is 0. The quantitative estimate of drug-likeness (QED) is 0.0222. The van der Waals surface area contributed by atoms with E-state index in [2.05, 4.69) is 127 Å². The summed E-state index contributed by atoms with van der Waals surface area (Å²) in [4.78, 5) is 87.2. The maximum absolute atomic E-state index is 12.8. The zero-order chi connectivity index (χ0) is 81.6. The summed E-state index contributed by atoms with van der Waals surface area (Å²) >= 11 is 0. The largest absolute Gasteiger partial charge is 0.399 e. The molecule has 9 aromatic carbocycles. The van der Waals surface area contributed by atoms with Gasteiger partial charge in [-0.2, -0.15) is 0 Å². The van der Waals surface area contributed by atoms with Crippen LogP contribution < -0.4 is 44.2 Å². The molecule has 0 aliphatic rings. The first-order chi connectivity index (χ1) is 55.5. The van der Waals surface area contributed by atoms with Crippen LogP contribution in [0.5, 0.6) is 0 Å². The molecule has 0 fully saturated rings. The Kier molecular flexibility index (Phi) is 31.0. The van der Waals surface area contributed by atoms with E-state index in [4.69, 9.17) is 42.9 Å². The smallest absolute Gasteiger partial charge is 0.229 e. The fourth-order valence-corrected chi connectivity index (χ4v) is 12.5. The molecule has 20 heteroatoms. The molecule has 0 radical (unpaired) electrons. The number of amides is 4. The van der Waals surface area contributed by atoms with Crippen molar-refractivity contribution >= 4 is 80.4 Å². The zero-order valence-electron chi connectivity index (χ0n) is 66.9. The molecule has 12 N–H and O–H groups in total. The molecule has 0 unspecified atom stereocenters. The van der Waals surface area contributed by atoms with Gasteiger partial charge in [0.05, 0.1) is 83.2 Å². The van der Waals surface area contributed by atoms with E-state index in [1.165, 1.54) is 5.56 Å². The van der Waals surface area contributed by atoms with Crippen molar-refractivity contribution in [3.8, 4) is 45.0 Å². The average molecular weight is 1530 g/mol. The standard InChI is InChI=1S/C26H26N4O.C24H28N4O.C23H26N4O.C22H24N4O/c1-17(2)13-23-26(28-16-24(29-23)20-9-11-22(27)12-10-20)30-25(31)15-18-7-8-19-5-3-4-6-21(19)14-18;1-17(2)15-21-24(26-16-22(27-21)19-11-13-20(25)14-12-19)28-23(29)10-6-9-18-7-4-3-5-8-18;1-16(2)14-20-23(27-22(28)13-8-17-6-4-3-5-7-17)25-15-21(26-20)18-9-11-19(24)12-10-18;1-15(2)12-19-22(26-21(27)13-16-6-4-3-5-7-16)24-14-20(25-19)17-8-10-18(23)11-9-17/h3-12,14,16-17H,13,15,27H2,1-2H3,(H,28,30,31);3-5,7-8,11-14,16-17H,6,9-10,15,25H2,1-2H3,(H,26,28,29);3-7,9-12,15-16H,8,13-14,24H2,1-2H3,(H,25,27,28);3-11,14-15H,12-13,23H2,1-2H3,(H,24,26,27). The van der Waals surface area contributed by atoms with E-state index < -0.39 is 0 Å². The van der Waals surface area contributed by atoms with Crippen LogP contribution >= 0.6 is 0 Å². The van der Waals surface area contributed by atoms with Gasteiger partial charge in [-0.05, 0) is 150 Å². The lowest BCUT2D eigenvalue weighted by Gasteiger charge is -2.13. The summed E-state index contributed by atoms with van der Waals surface area (Å²) in [6, 6.07) is 74.3. The van der Waals surface area contributed by atoms with Crippen LogP contribution in [-0.2, 0) is 70.5 Å². The number of nitrogens with zero attached hydrogens (tertiary/aromatic N) is 8. The van der Waals surface area contributed by atoms with Crippen molar-refractivity contribution in [1.82, 2.24) is 39.9 Å². The van der Waals surface area contributed by atoms with Gasteiger partial charge < -0.3 is 44.2 Å². The first-order valence-corrected chi connectivity index (χ1v) is 39.2. The SMILES string of the molecule is CC(C)Cc1nc(-c2ccc(N)cc2)cnc1NC(=O)CCCc1ccccc1.CC(C)Cc1nc(-c2ccc(N)cc2)cnc1NC(=O)CCc1ccccc1.CC(C)Cc1nc(-c2ccc(N)cc2)cnc1NC(=O)Cc1ccc2ccccc2c1.CC(C)Cc1nc(-c2ccc(N)cc2)cnc1NC(=O)Cc1ccccc1. The Balaban J connectivity index is 0.000000162. The Bertz CT molecular complexity index is 5300. The Morgan fingerprint density at radius 1 is 0.296 bits per heavy atom.